The van der Waals surface area contributed by atoms with E-state index in [9.17, 15) is 9.59 Å². The molecule has 4 nitrogen and oxygen atoms in total. The van der Waals surface area contributed by atoms with Crippen LogP contribution in [0.4, 0.5) is 5.69 Å². The minimum Gasteiger partial charge on any atom is -0.462 e. The van der Waals surface area contributed by atoms with E-state index in [-0.39, 0.29) is 17.5 Å². The minimum atomic E-state index is -0.110. The van der Waals surface area contributed by atoms with Gasteiger partial charge in [-0.15, -0.1) is 23.2 Å². The molecule has 1 aromatic carbocycles. The predicted molar refractivity (Wildman–Crippen MR) is 150 cm³/mol. The number of carbonyl (C=O) groups excluding carboxylic acids is 2. The van der Waals surface area contributed by atoms with Crippen molar-refractivity contribution in [1.82, 2.24) is 0 Å². The number of ether oxygens (including phenoxy) is 1. The van der Waals surface area contributed by atoms with Crippen molar-refractivity contribution in [2.45, 2.75) is 84.2 Å². The van der Waals surface area contributed by atoms with Crippen molar-refractivity contribution in [2.24, 2.45) is 34.5 Å². The standard InChI is InChI=1S/C31H43Cl2NO3/c1-30-13-11-24(35)20-22(30)5-8-25-26-9-10-28(31(26,2)14-12-27(25)30)37-29(36)19-21-3-6-23(7-4-21)34(17-15-32)18-16-33/h3-4,6-7,22,25-28H,5,8-20H2,1-2H3/t22-,25-,26-,27-,28-,30-,31-/m0/s1. The molecule has 0 bridgehead atoms. The molecule has 0 unspecified atom stereocenters. The molecular formula is C31H43Cl2NO3. The number of ketones is 1. The number of hydrogen-bond donors (Lipinski definition) is 0. The fraction of sp³-hybridized carbons (Fsp3) is 0.742. The lowest BCUT2D eigenvalue weighted by Gasteiger charge is -2.60. The van der Waals surface area contributed by atoms with Gasteiger partial charge in [-0.25, -0.2) is 0 Å². The summed E-state index contributed by atoms with van der Waals surface area (Å²) < 4.78 is 6.24. The van der Waals surface area contributed by atoms with Crippen LogP contribution in [0, 0.1) is 34.5 Å². The quantitative estimate of drug-likeness (QED) is 0.258. The van der Waals surface area contributed by atoms with E-state index in [4.69, 9.17) is 27.9 Å². The first-order chi connectivity index (χ1) is 17.8. The van der Waals surface area contributed by atoms with E-state index in [1.807, 2.05) is 24.3 Å². The molecule has 204 valence electrons. The van der Waals surface area contributed by atoms with Crippen LogP contribution in [0.2, 0.25) is 0 Å². The van der Waals surface area contributed by atoms with Gasteiger partial charge in [-0.1, -0.05) is 26.0 Å². The van der Waals surface area contributed by atoms with Gasteiger partial charge >= 0.3 is 5.97 Å². The number of anilines is 1. The Labute approximate surface area is 232 Å². The van der Waals surface area contributed by atoms with E-state index < -0.39 is 0 Å². The summed E-state index contributed by atoms with van der Waals surface area (Å²) in [7, 11) is 0. The molecule has 0 aliphatic heterocycles. The van der Waals surface area contributed by atoms with Crippen LogP contribution in [0.5, 0.6) is 0 Å². The number of rotatable bonds is 8. The number of hydrogen-bond acceptors (Lipinski definition) is 4. The Hall–Kier alpha value is -1.26. The molecule has 4 saturated carbocycles. The predicted octanol–water partition coefficient (Wildman–Crippen LogP) is 7.04. The maximum Gasteiger partial charge on any atom is 0.310 e. The summed E-state index contributed by atoms with van der Waals surface area (Å²) in [5.74, 6) is 4.12. The van der Waals surface area contributed by atoms with Gasteiger partial charge in [-0.2, -0.15) is 0 Å². The van der Waals surface area contributed by atoms with Crippen molar-refractivity contribution in [2.75, 3.05) is 29.7 Å². The lowest BCUT2D eigenvalue weighted by molar-refractivity contribution is -0.163. The normalized spacial score (nSPS) is 36.9. The van der Waals surface area contributed by atoms with E-state index in [1.165, 1.54) is 25.7 Å². The fourth-order valence-corrected chi connectivity index (χ4v) is 9.36. The van der Waals surface area contributed by atoms with Gasteiger partial charge < -0.3 is 9.64 Å². The number of carbonyl (C=O) groups is 2. The lowest BCUT2D eigenvalue weighted by atomic mass is 9.45. The maximum absolute atomic E-state index is 13.1. The average Bonchev–Trinajstić information content (AvgIpc) is 3.20. The fourth-order valence-electron chi connectivity index (χ4n) is 8.96. The molecule has 0 N–H and O–H groups in total. The first-order valence-electron chi connectivity index (χ1n) is 14.5. The highest BCUT2D eigenvalue weighted by Crippen LogP contribution is 2.66. The molecule has 4 aliphatic carbocycles. The molecule has 5 rings (SSSR count). The third-order valence-electron chi connectivity index (χ3n) is 11.0. The van der Waals surface area contributed by atoms with Crippen LogP contribution in [0.1, 0.15) is 77.2 Å². The Morgan fingerprint density at radius 3 is 2.35 bits per heavy atom. The Morgan fingerprint density at radius 2 is 1.65 bits per heavy atom. The molecule has 0 amide bonds. The Kier molecular flexibility index (Phi) is 8.18. The van der Waals surface area contributed by atoms with Crippen LogP contribution in [0.3, 0.4) is 0 Å². The monoisotopic (exact) mass is 547 g/mol. The van der Waals surface area contributed by atoms with E-state index in [0.717, 1.165) is 62.4 Å². The van der Waals surface area contributed by atoms with Gasteiger partial charge in [0.2, 0.25) is 0 Å². The largest absolute Gasteiger partial charge is 0.462 e. The average molecular weight is 549 g/mol. The van der Waals surface area contributed by atoms with Gasteiger partial charge in [0.25, 0.3) is 0 Å². The van der Waals surface area contributed by atoms with E-state index in [1.54, 1.807) is 0 Å². The summed E-state index contributed by atoms with van der Waals surface area (Å²) in [5, 5.41) is 0. The third kappa shape index (κ3) is 5.19. The summed E-state index contributed by atoms with van der Waals surface area (Å²) in [6, 6.07) is 8.13. The zero-order valence-corrected chi connectivity index (χ0v) is 24.0. The Balaban J connectivity index is 1.21. The highest BCUT2D eigenvalue weighted by Gasteiger charge is 2.61. The van der Waals surface area contributed by atoms with Crippen LogP contribution < -0.4 is 4.90 Å². The minimum absolute atomic E-state index is 0.0200. The molecule has 0 radical (unpaired) electrons. The van der Waals surface area contributed by atoms with Crippen LogP contribution in [0.25, 0.3) is 0 Å². The number of esters is 1. The van der Waals surface area contributed by atoms with Gasteiger partial charge in [-0.05, 0) is 91.7 Å². The molecule has 0 aromatic heterocycles. The van der Waals surface area contributed by atoms with Crippen molar-refractivity contribution in [3.05, 3.63) is 29.8 Å². The number of nitrogens with zero attached hydrogens (tertiary/aromatic N) is 1. The summed E-state index contributed by atoms with van der Waals surface area (Å²) in [4.78, 5) is 27.4. The highest BCUT2D eigenvalue weighted by atomic mass is 35.5. The SMILES string of the molecule is C[C@]12CCC(=O)C[C@@H]1CC[C@@H]1[C@@H]2CC[C@]2(C)[C@@H](OC(=O)Cc3ccc(N(CCCl)CCCl)cc3)CC[C@@H]12. The van der Waals surface area contributed by atoms with E-state index in [2.05, 4.69) is 18.7 Å². The molecule has 0 heterocycles. The molecule has 6 heteroatoms. The van der Waals surface area contributed by atoms with E-state index in [0.29, 0.717) is 47.1 Å². The lowest BCUT2D eigenvalue weighted by Crippen LogP contribution is -2.54. The van der Waals surface area contributed by atoms with Gasteiger partial charge in [0.05, 0.1) is 6.42 Å². The second-order valence-electron chi connectivity index (χ2n) is 12.7. The summed E-state index contributed by atoms with van der Waals surface area (Å²) in [5.41, 5.74) is 2.46. The number of benzene rings is 1. The third-order valence-corrected chi connectivity index (χ3v) is 11.4. The number of fused-ring (bicyclic) bond motifs is 5. The van der Waals surface area contributed by atoms with Crippen molar-refractivity contribution in [1.29, 1.82) is 0 Å². The number of alkyl halides is 2. The topological polar surface area (TPSA) is 46.6 Å². The zero-order chi connectivity index (χ0) is 26.2. The second kappa shape index (κ2) is 11.1. The molecule has 1 aromatic rings. The highest BCUT2D eigenvalue weighted by molar-refractivity contribution is 6.18. The molecule has 0 saturated heterocycles. The molecule has 4 aliphatic rings. The van der Waals surface area contributed by atoms with Gasteiger partial charge in [0.15, 0.2) is 0 Å². The summed E-state index contributed by atoms with van der Waals surface area (Å²) in [6.07, 6.45) is 9.94. The molecule has 7 atom stereocenters. The molecular weight excluding hydrogens is 505 g/mol. The zero-order valence-electron chi connectivity index (χ0n) is 22.5. The van der Waals surface area contributed by atoms with Gasteiger partial charge in [0, 0.05) is 48.8 Å². The summed E-state index contributed by atoms with van der Waals surface area (Å²) in [6.45, 7) is 6.38. The molecule has 37 heavy (non-hydrogen) atoms. The number of Topliss-reactive ketones (excluding diaryl/α,β-unsaturated/α-hetero) is 1. The van der Waals surface area contributed by atoms with Crippen molar-refractivity contribution in [3.8, 4) is 0 Å². The smallest absolute Gasteiger partial charge is 0.310 e. The maximum atomic E-state index is 13.1. The first-order valence-corrected chi connectivity index (χ1v) is 15.5. The Morgan fingerprint density at radius 1 is 0.946 bits per heavy atom. The van der Waals surface area contributed by atoms with Crippen LogP contribution in [-0.4, -0.2) is 42.7 Å². The second-order valence-corrected chi connectivity index (χ2v) is 13.5. The number of halogens is 2. The van der Waals surface area contributed by atoms with Crippen LogP contribution in [-0.2, 0) is 20.7 Å². The van der Waals surface area contributed by atoms with Crippen LogP contribution >= 0.6 is 23.2 Å². The summed E-state index contributed by atoms with van der Waals surface area (Å²) >= 11 is 11.9. The van der Waals surface area contributed by atoms with E-state index >= 15 is 0 Å². The van der Waals surface area contributed by atoms with Crippen molar-refractivity contribution < 1.29 is 14.3 Å². The van der Waals surface area contributed by atoms with Crippen molar-refractivity contribution in [3.63, 3.8) is 0 Å². The first kappa shape index (κ1) is 27.3. The Bertz CT molecular complexity index is 977. The molecule has 4 fully saturated rings. The van der Waals surface area contributed by atoms with Gasteiger partial charge in [-0.3, -0.25) is 9.59 Å². The van der Waals surface area contributed by atoms with Crippen molar-refractivity contribution >= 4 is 40.6 Å². The van der Waals surface area contributed by atoms with Crippen LogP contribution in [0.15, 0.2) is 24.3 Å². The molecule has 0 spiro atoms. The van der Waals surface area contributed by atoms with Gasteiger partial charge in [0.1, 0.15) is 11.9 Å².